The largest absolute Gasteiger partial charge is 0.497 e. The van der Waals surface area contributed by atoms with Crippen LogP contribution in [0.1, 0.15) is 10.4 Å². The highest BCUT2D eigenvalue weighted by Crippen LogP contribution is 2.32. The lowest BCUT2D eigenvalue weighted by Crippen LogP contribution is -2.20. The van der Waals surface area contributed by atoms with Crippen molar-refractivity contribution in [3.63, 3.8) is 0 Å². The van der Waals surface area contributed by atoms with Crippen LogP contribution in [0, 0.1) is 0 Å². The van der Waals surface area contributed by atoms with Crippen molar-refractivity contribution in [3.8, 4) is 5.75 Å². The highest BCUT2D eigenvalue weighted by molar-refractivity contribution is 8.04. The zero-order valence-electron chi connectivity index (χ0n) is 15.1. The van der Waals surface area contributed by atoms with Gasteiger partial charge in [-0.3, -0.25) is 4.79 Å². The van der Waals surface area contributed by atoms with E-state index in [1.807, 2.05) is 6.07 Å². The summed E-state index contributed by atoms with van der Waals surface area (Å²) in [7, 11) is 3.83. The molecule has 2 rings (SSSR count). The maximum Gasteiger partial charge on any atom is 0.345 e. The minimum Gasteiger partial charge on any atom is -0.497 e. The highest BCUT2D eigenvalue weighted by atomic mass is 32.2. The van der Waals surface area contributed by atoms with Gasteiger partial charge in [0.1, 0.15) is 16.2 Å². The molecule has 0 amide bonds. The molecule has 7 heteroatoms. The van der Waals surface area contributed by atoms with E-state index < -0.39 is 17.7 Å². The van der Waals surface area contributed by atoms with Gasteiger partial charge in [-0.25, -0.2) is 9.59 Å². The number of carbonyl (C=O) groups is 3. The molecule has 6 nitrogen and oxygen atoms in total. The van der Waals surface area contributed by atoms with Crippen LogP contribution in [0.2, 0.25) is 0 Å². The number of carbonyl (C=O) groups excluding carboxylic acids is 3. The fraction of sp³-hybridized carbons (Fsp3) is 0.150. The molecule has 140 valence electrons. The monoisotopic (exact) mass is 386 g/mol. The molecule has 0 aliphatic rings. The van der Waals surface area contributed by atoms with Crippen molar-refractivity contribution in [2.24, 2.45) is 0 Å². The molecule has 0 aliphatic heterocycles. The Kier molecular flexibility index (Phi) is 7.19. The third kappa shape index (κ3) is 4.98. The van der Waals surface area contributed by atoms with Gasteiger partial charge in [-0.05, 0) is 36.4 Å². The van der Waals surface area contributed by atoms with Gasteiger partial charge in [-0.1, -0.05) is 30.0 Å². The molecule has 0 N–H and O–H groups in total. The Balaban J connectivity index is 2.57. The SMILES string of the molecule is COC(=O)/C(Sc1ccccc1)=C(/C(=O)OC)C(=O)c1ccc(OC)cc1. The second-order valence-corrected chi connectivity index (χ2v) is 6.24. The Morgan fingerprint density at radius 3 is 1.89 bits per heavy atom. The van der Waals surface area contributed by atoms with E-state index in [1.54, 1.807) is 36.4 Å². The number of ether oxygens (including phenoxy) is 3. The first kappa shape index (κ1) is 20.3. The number of esters is 2. The van der Waals surface area contributed by atoms with Gasteiger partial charge in [0.2, 0.25) is 5.78 Å². The summed E-state index contributed by atoms with van der Waals surface area (Å²) in [4.78, 5) is 38.2. The van der Waals surface area contributed by atoms with E-state index >= 15 is 0 Å². The number of ketones is 1. The second kappa shape index (κ2) is 9.59. The summed E-state index contributed by atoms with van der Waals surface area (Å²) in [5.74, 6) is -1.80. The number of hydrogen-bond donors (Lipinski definition) is 0. The topological polar surface area (TPSA) is 78.9 Å². The molecular weight excluding hydrogens is 368 g/mol. The van der Waals surface area contributed by atoms with E-state index in [4.69, 9.17) is 14.2 Å². The number of thioether (sulfide) groups is 1. The summed E-state index contributed by atoms with van der Waals surface area (Å²) >= 11 is 0.963. The number of methoxy groups -OCH3 is 3. The lowest BCUT2D eigenvalue weighted by Gasteiger charge is -2.12. The van der Waals surface area contributed by atoms with Crippen molar-refractivity contribution in [1.82, 2.24) is 0 Å². The minimum absolute atomic E-state index is 0.142. The van der Waals surface area contributed by atoms with Crippen LogP contribution in [0.3, 0.4) is 0 Å². The summed E-state index contributed by atoms with van der Waals surface area (Å²) < 4.78 is 14.6. The molecule has 0 heterocycles. The minimum atomic E-state index is -0.917. The molecular formula is C20H18O6S. The summed E-state index contributed by atoms with van der Waals surface area (Å²) in [6.07, 6.45) is 0. The first-order chi connectivity index (χ1) is 13.0. The lowest BCUT2D eigenvalue weighted by atomic mass is 10.0. The zero-order chi connectivity index (χ0) is 19.8. The van der Waals surface area contributed by atoms with Crippen molar-refractivity contribution < 1.29 is 28.6 Å². The number of Topliss-reactive ketones (excluding diaryl/α,β-unsaturated/α-hetero) is 1. The van der Waals surface area contributed by atoms with Gasteiger partial charge in [0.25, 0.3) is 0 Å². The summed E-state index contributed by atoms with van der Waals surface area (Å²) in [5.41, 5.74) is -0.172. The van der Waals surface area contributed by atoms with Gasteiger partial charge >= 0.3 is 11.9 Å². The summed E-state index contributed by atoms with van der Waals surface area (Å²) in [6, 6.07) is 15.1. The van der Waals surface area contributed by atoms with Crippen LogP contribution in [0.5, 0.6) is 5.75 Å². The third-order valence-corrected chi connectivity index (χ3v) is 4.61. The van der Waals surface area contributed by atoms with Gasteiger partial charge in [0.15, 0.2) is 0 Å². The van der Waals surface area contributed by atoms with Crippen molar-refractivity contribution in [2.75, 3.05) is 21.3 Å². The maximum absolute atomic E-state index is 13.0. The Morgan fingerprint density at radius 2 is 1.37 bits per heavy atom. The normalized spacial score (nSPS) is 11.2. The Bertz CT molecular complexity index is 856. The Morgan fingerprint density at radius 1 is 0.778 bits per heavy atom. The molecule has 2 aromatic carbocycles. The van der Waals surface area contributed by atoms with Gasteiger partial charge in [-0.2, -0.15) is 0 Å². The van der Waals surface area contributed by atoms with E-state index in [0.717, 1.165) is 18.9 Å². The van der Waals surface area contributed by atoms with Crippen molar-refractivity contribution >= 4 is 29.5 Å². The van der Waals surface area contributed by atoms with Crippen LogP contribution >= 0.6 is 11.8 Å². The van der Waals surface area contributed by atoms with Crippen molar-refractivity contribution in [2.45, 2.75) is 4.90 Å². The fourth-order valence-electron chi connectivity index (χ4n) is 2.17. The molecule has 0 spiro atoms. The Hall–Kier alpha value is -3.06. The van der Waals surface area contributed by atoms with Gasteiger partial charge in [0.05, 0.1) is 21.3 Å². The highest BCUT2D eigenvalue weighted by Gasteiger charge is 2.30. The van der Waals surface area contributed by atoms with E-state index in [9.17, 15) is 14.4 Å². The first-order valence-corrected chi connectivity index (χ1v) is 8.66. The quantitative estimate of drug-likeness (QED) is 0.180. The average molecular weight is 386 g/mol. The van der Waals surface area contributed by atoms with Crippen molar-refractivity contribution in [1.29, 1.82) is 0 Å². The number of benzene rings is 2. The van der Waals surface area contributed by atoms with E-state index in [1.165, 1.54) is 26.4 Å². The van der Waals surface area contributed by atoms with Gasteiger partial charge < -0.3 is 14.2 Å². The zero-order valence-corrected chi connectivity index (χ0v) is 15.9. The predicted octanol–water partition coefficient (Wildman–Crippen LogP) is 3.27. The van der Waals surface area contributed by atoms with Crippen LogP contribution < -0.4 is 4.74 Å². The molecule has 0 radical (unpaired) electrons. The molecule has 0 bridgehead atoms. The smallest absolute Gasteiger partial charge is 0.345 e. The summed E-state index contributed by atoms with van der Waals surface area (Å²) in [5, 5.41) is 0. The van der Waals surface area contributed by atoms with E-state index in [-0.39, 0.29) is 16.0 Å². The lowest BCUT2D eigenvalue weighted by molar-refractivity contribution is -0.138. The number of hydrogen-bond acceptors (Lipinski definition) is 7. The maximum atomic E-state index is 13.0. The van der Waals surface area contributed by atoms with E-state index in [0.29, 0.717) is 10.6 Å². The molecule has 2 aromatic rings. The number of rotatable bonds is 7. The van der Waals surface area contributed by atoms with Crippen LogP contribution in [0.15, 0.2) is 70.0 Å². The predicted molar refractivity (Wildman–Crippen MR) is 101 cm³/mol. The summed E-state index contributed by atoms with van der Waals surface area (Å²) in [6.45, 7) is 0. The first-order valence-electron chi connectivity index (χ1n) is 7.84. The average Bonchev–Trinajstić information content (AvgIpc) is 2.73. The second-order valence-electron chi connectivity index (χ2n) is 5.16. The van der Waals surface area contributed by atoms with Crippen LogP contribution in [0.4, 0.5) is 0 Å². The van der Waals surface area contributed by atoms with Crippen LogP contribution in [-0.2, 0) is 19.1 Å². The standard InChI is InChI=1S/C20H18O6S/c1-24-14-11-9-13(10-12-14)17(21)16(19(22)25-2)18(20(23)26-3)27-15-7-5-4-6-8-15/h4-12H,1-3H3/b18-16-. The van der Waals surface area contributed by atoms with Gasteiger partial charge in [-0.15, -0.1) is 0 Å². The molecule has 0 unspecified atom stereocenters. The Labute approximate surface area is 161 Å². The third-order valence-electron chi connectivity index (χ3n) is 3.53. The van der Waals surface area contributed by atoms with Gasteiger partial charge in [0, 0.05) is 10.5 Å². The molecule has 0 fully saturated rings. The molecule has 0 atom stereocenters. The van der Waals surface area contributed by atoms with Crippen LogP contribution in [-0.4, -0.2) is 39.1 Å². The molecule has 0 aromatic heterocycles. The molecule has 0 saturated heterocycles. The molecule has 27 heavy (non-hydrogen) atoms. The molecule has 0 saturated carbocycles. The fourth-order valence-corrected chi connectivity index (χ4v) is 3.14. The molecule has 0 aliphatic carbocycles. The van der Waals surface area contributed by atoms with Crippen LogP contribution in [0.25, 0.3) is 0 Å². The van der Waals surface area contributed by atoms with E-state index in [2.05, 4.69) is 0 Å². The van der Waals surface area contributed by atoms with Crippen molar-refractivity contribution in [3.05, 3.63) is 70.6 Å².